The van der Waals surface area contributed by atoms with E-state index >= 15 is 0 Å². The summed E-state index contributed by atoms with van der Waals surface area (Å²) in [5.41, 5.74) is 0. The van der Waals surface area contributed by atoms with Crippen molar-refractivity contribution in [3.63, 3.8) is 0 Å². The number of likely N-dealkylation sites (tertiary alicyclic amines) is 1. The number of methoxy groups -OCH3 is 1. The Balaban J connectivity index is 1.68. The van der Waals surface area contributed by atoms with E-state index in [1.165, 1.54) is 58.0 Å². The molecule has 24 heavy (non-hydrogen) atoms. The Hall–Kier alpha value is -0.940. The maximum Gasteiger partial charge on any atom is 0.156 e. The first-order valence-electron chi connectivity index (χ1n) is 9.80. The summed E-state index contributed by atoms with van der Waals surface area (Å²) in [6.07, 6.45) is 10.4. The van der Waals surface area contributed by atoms with Crippen LogP contribution in [0.15, 0.2) is 0 Å². The minimum Gasteiger partial charge on any atom is -0.374 e. The lowest BCUT2D eigenvalue weighted by Crippen LogP contribution is -2.31. The van der Waals surface area contributed by atoms with Crippen LogP contribution in [0.5, 0.6) is 0 Å². The third-order valence-corrected chi connectivity index (χ3v) is 5.93. The minimum absolute atomic E-state index is 0.0207. The zero-order valence-corrected chi connectivity index (χ0v) is 15.7. The van der Waals surface area contributed by atoms with Crippen LogP contribution in [0.1, 0.15) is 69.6 Å². The Morgan fingerprint density at radius 2 is 1.79 bits per heavy atom. The van der Waals surface area contributed by atoms with Crippen LogP contribution in [0.2, 0.25) is 0 Å². The van der Waals surface area contributed by atoms with Gasteiger partial charge in [-0.05, 0) is 64.6 Å². The summed E-state index contributed by atoms with van der Waals surface area (Å²) >= 11 is 0. The molecule has 1 aliphatic heterocycles. The first-order chi connectivity index (χ1) is 11.7. The highest BCUT2D eigenvalue weighted by atomic mass is 16.5. The molecular formula is C19H34N4O. The summed E-state index contributed by atoms with van der Waals surface area (Å²) in [7, 11) is 3.98. The van der Waals surface area contributed by atoms with E-state index in [9.17, 15) is 0 Å². The Labute approximate surface area is 146 Å². The molecule has 2 aliphatic rings. The largest absolute Gasteiger partial charge is 0.374 e. The highest BCUT2D eigenvalue weighted by Crippen LogP contribution is 2.27. The van der Waals surface area contributed by atoms with Crippen molar-refractivity contribution >= 4 is 0 Å². The first kappa shape index (κ1) is 17.9. The molecule has 0 bridgehead atoms. The number of hydrogen-bond donors (Lipinski definition) is 0. The summed E-state index contributed by atoms with van der Waals surface area (Å²) in [4.78, 5) is 7.29. The van der Waals surface area contributed by atoms with Gasteiger partial charge >= 0.3 is 0 Å². The van der Waals surface area contributed by atoms with Gasteiger partial charge in [-0.15, -0.1) is 0 Å². The topological polar surface area (TPSA) is 43.2 Å². The molecule has 1 atom stereocenters. The van der Waals surface area contributed by atoms with Crippen LogP contribution in [-0.4, -0.2) is 46.9 Å². The van der Waals surface area contributed by atoms with Crippen molar-refractivity contribution in [2.45, 2.75) is 70.9 Å². The molecule has 0 spiro atoms. The van der Waals surface area contributed by atoms with Crippen LogP contribution in [0.3, 0.4) is 0 Å². The van der Waals surface area contributed by atoms with E-state index in [0.29, 0.717) is 0 Å². The maximum absolute atomic E-state index is 5.55. The normalized spacial score (nSPS) is 22.8. The van der Waals surface area contributed by atoms with Crippen molar-refractivity contribution in [3.05, 3.63) is 11.6 Å². The lowest BCUT2D eigenvalue weighted by Gasteiger charge is -2.28. The summed E-state index contributed by atoms with van der Waals surface area (Å²) in [6, 6.07) is 0. The minimum atomic E-state index is 0.0207. The molecule has 5 heteroatoms. The van der Waals surface area contributed by atoms with Crippen LogP contribution in [0, 0.1) is 11.8 Å². The van der Waals surface area contributed by atoms with E-state index in [1.807, 2.05) is 0 Å². The van der Waals surface area contributed by atoms with Crippen LogP contribution >= 0.6 is 0 Å². The second-order valence-corrected chi connectivity index (χ2v) is 7.90. The van der Waals surface area contributed by atoms with E-state index in [0.717, 1.165) is 36.5 Å². The molecule has 136 valence electrons. The molecule has 2 fully saturated rings. The number of ether oxygens (including phenoxy) is 1. The molecule has 0 N–H and O–H groups in total. The number of rotatable bonds is 6. The van der Waals surface area contributed by atoms with E-state index in [1.54, 1.807) is 7.11 Å². The van der Waals surface area contributed by atoms with Crippen molar-refractivity contribution in [2.75, 3.05) is 27.2 Å². The monoisotopic (exact) mass is 334 g/mol. The van der Waals surface area contributed by atoms with Crippen molar-refractivity contribution in [3.8, 4) is 0 Å². The third kappa shape index (κ3) is 4.57. The average Bonchev–Trinajstić information content (AvgIpc) is 2.99. The molecule has 2 heterocycles. The molecule has 0 aromatic carbocycles. The van der Waals surface area contributed by atoms with Crippen molar-refractivity contribution in [1.29, 1.82) is 0 Å². The van der Waals surface area contributed by atoms with Crippen LogP contribution in [0.4, 0.5) is 0 Å². The Morgan fingerprint density at radius 1 is 1.08 bits per heavy atom. The van der Waals surface area contributed by atoms with Gasteiger partial charge in [0.2, 0.25) is 0 Å². The molecule has 3 rings (SSSR count). The summed E-state index contributed by atoms with van der Waals surface area (Å²) < 4.78 is 7.71. The fourth-order valence-electron chi connectivity index (χ4n) is 4.17. The van der Waals surface area contributed by atoms with Crippen LogP contribution < -0.4 is 0 Å². The van der Waals surface area contributed by atoms with Gasteiger partial charge < -0.3 is 9.64 Å². The quantitative estimate of drug-likeness (QED) is 0.799. The highest BCUT2D eigenvalue weighted by Gasteiger charge is 2.23. The molecule has 1 aromatic rings. The van der Waals surface area contributed by atoms with Gasteiger partial charge in [-0.1, -0.05) is 19.3 Å². The summed E-state index contributed by atoms with van der Waals surface area (Å²) in [6.45, 7) is 5.51. The molecule has 1 saturated heterocycles. The molecule has 1 aliphatic carbocycles. The third-order valence-electron chi connectivity index (χ3n) is 5.93. The lowest BCUT2D eigenvalue weighted by atomic mass is 9.89. The molecule has 0 radical (unpaired) electrons. The molecule has 5 nitrogen and oxygen atoms in total. The first-order valence-corrected chi connectivity index (χ1v) is 9.80. The standard InChI is InChI=1S/C19H34N4O/c1-15(24-3)19-20-18(13-16-9-11-22(2)12-10-16)21-23(19)14-17-7-5-4-6-8-17/h15-17H,4-14H2,1-3H3/t15-/m1/s1. The van der Waals surface area contributed by atoms with E-state index in [4.69, 9.17) is 14.8 Å². The second-order valence-electron chi connectivity index (χ2n) is 7.90. The molecule has 0 unspecified atom stereocenters. The van der Waals surface area contributed by atoms with Gasteiger partial charge in [-0.3, -0.25) is 0 Å². The van der Waals surface area contributed by atoms with Crippen LogP contribution in [0.25, 0.3) is 0 Å². The van der Waals surface area contributed by atoms with Gasteiger partial charge in [0.05, 0.1) is 0 Å². The number of hydrogen-bond acceptors (Lipinski definition) is 4. The molecule has 1 aromatic heterocycles. The van der Waals surface area contributed by atoms with Crippen molar-refractivity contribution < 1.29 is 4.74 Å². The van der Waals surface area contributed by atoms with E-state index in [2.05, 4.69) is 23.6 Å². The van der Waals surface area contributed by atoms with Crippen LogP contribution in [-0.2, 0) is 17.7 Å². The summed E-state index contributed by atoms with van der Waals surface area (Å²) in [5.74, 6) is 3.54. The summed E-state index contributed by atoms with van der Waals surface area (Å²) in [5, 5.41) is 4.90. The lowest BCUT2D eigenvalue weighted by molar-refractivity contribution is 0.105. The number of piperidine rings is 1. The smallest absolute Gasteiger partial charge is 0.156 e. The molecule has 0 amide bonds. The van der Waals surface area contributed by atoms with Crippen molar-refractivity contribution in [1.82, 2.24) is 19.7 Å². The molecular weight excluding hydrogens is 300 g/mol. The van der Waals surface area contributed by atoms with Gasteiger partial charge in [0.15, 0.2) is 11.6 Å². The van der Waals surface area contributed by atoms with Gasteiger partial charge in [0, 0.05) is 20.1 Å². The van der Waals surface area contributed by atoms with Gasteiger partial charge in [0.1, 0.15) is 6.10 Å². The molecule has 1 saturated carbocycles. The van der Waals surface area contributed by atoms with Gasteiger partial charge in [0.25, 0.3) is 0 Å². The highest BCUT2D eigenvalue weighted by molar-refractivity contribution is 4.98. The second kappa shape index (κ2) is 8.43. The van der Waals surface area contributed by atoms with Gasteiger partial charge in [-0.2, -0.15) is 5.10 Å². The Morgan fingerprint density at radius 3 is 2.46 bits per heavy atom. The SMILES string of the molecule is CO[C@H](C)c1nc(CC2CCN(C)CC2)nn1CC1CCCCC1. The fraction of sp³-hybridized carbons (Fsp3) is 0.895. The number of nitrogens with zero attached hydrogens (tertiary/aromatic N) is 4. The Kier molecular flexibility index (Phi) is 6.28. The zero-order chi connectivity index (χ0) is 16.9. The number of aromatic nitrogens is 3. The maximum atomic E-state index is 5.55. The van der Waals surface area contributed by atoms with E-state index < -0.39 is 0 Å². The zero-order valence-electron chi connectivity index (χ0n) is 15.7. The Bertz CT molecular complexity index is 501. The van der Waals surface area contributed by atoms with Gasteiger partial charge in [-0.25, -0.2) is 9.67 Å². The van der Waals surface area contributed by atoms with Crippen molar-refractivity contribution in [2.24, 2.45) is 11.8 Å². The predicted octanol–water partition coefficient (Wildman–Crippen LogP) is 3.45. The van der Waals surface area contributed by atoms with E-state index in [-0.39, 0.29) is 6.10 Å². The predicted molar refractivity (Wildman–Crippen MR) is 95.9 cm³/mol. The fourth-order valence-corrected chi connectivity index (χ4v) is 4.17. The average molecular weight is 335 g/mol.